The first kappa shape index (κ1) is 32.0. The maximum atomic E-state index is 5.31. The zero-order chi connectivity index (χ0) is 37.0. The highest BCUT2D eigenvalue weighted by Crippen LogP contribution is 2.41. The second kappa shape index (κ2) is 13.2. The number of fused-ring (bicyclic) bond motifs is 7. The van der Waals surface area contributed by atoms with Gasteiger partial charge in [-0.25, -0.2) is 9.97 Å². The first-order valence-corrected chi connectivity index (χ1v) is 19.1. The molecule has 11 aromatic rings. The van der Waals surface area contributed by atoms with E-state index in [-0.39, 0.29) is 0 Å². The molecule has 1 heterocycles. The molecule has 0 fully saturated rings. The average Bonchev–Trinajstić information content (AvgIpc) is 3.28. The summed E-state index contributed by atoms with van der Waals surface area (Å²) in [5.74, 6) is 0.699. The van der Waals surface area contributed by atoms with Crippen LogP contribution in [0.3, 0.4) is 0 Å². The predicted molar refractivity (Wildman–Crippen MR) is 237 cm³/mol. The summed E-state index contributed by atoms with van der Waals surface area (Å²) in [4.78, 5) is 10.6. The van der Waals surface area contributed by atoms with Crippen LogP contribution in [-0.2, 0) is 0 Å². The number of hydrogen-bond donors (Lipinski definition) is 0. The molecule has 0 saturated heterocycles. The highest BCUT2D eigenvalue weighted by molar-refractivity contribution is 6.20. The summed E-state index contributed by atoms with van der Waals surface area (Å²) in [6, 6.07) is 74.0. The van der Waals surface area contributed by atoms with Crippen LogP contribution in [0.4, 0.5) is 0 Å². The van der Waals surface area contributed by atoms with Gasteiger partial charge in [-0.15, -0.1) is 0 Å². The summed E-state index contributed by atoms with van der Waals surface area (Å²) in [5, 5.41) is 12.3. The van der Waals surface area contributed by atoms with Gasteiger partial charge in [-0.3, -0.25) is 0 Å². The summed E-state index contributed by atoms with van der Waals surface area (Å²) in [6.45, 7) is 0. The van der Waals surface area contributed by atoms with E-state index >= 15 is 0 Å². The summed E-state index contributed by atoms with van der Waals surface area (Å²) in [7, 11) is 0. The predicted octanol–water partition coefficient (Wildman–Crippen LogP) is 14.6. The summed E-state index contributed by atoms with van der Waals surface area (Å²) < 4.78 is 0. The monoisotopic (exact) mass is 710 g/mol. The third-order valence-corrected chi connectivity index (χ3v) is 11.3. The highest BCUT2D eigenvalue weighted by Gasteiger charge is 2.16. The Morgan fingerprint density at radius 1 is 0.268 bits per heavy atom. The normalized spacial score (nSPS) is 11.6. The molecule has 0 atom stereocenters. The lowest BCUT2D eigenvalue weighted by molar-refractivity contribution is 1.19. The van der Waals surface area contributed by atoms with Crippen LogP contribution in [0.5, 0.6) is 0 Å². The molecule has 0 radical (unpaired) electrons. The molecule has 0 bridgehead atoms. The van der Waals surface area contributed by atoms with Gasteiger partial charge < -0.3 is 0 Å². The molecule has 11 rings (SSSR count). The molecular formula is C54H34N2. The third-order valence-electron chi connectivity index (χ3n) is 11.3. The minimum atomic E-state index is 0.699. The van der Waals surface area contributed by atoms with E-state index in [0.29, 0.717) is 5.82 Å². The minimum absolute atomic E-state index is 0.699. The number of rotatable bonds is 5. The number of hydrogen-bond acceptors (Lipinski definition) is 2. The fraction of sp³-hybridized carbons (Fsp3) is 0. The number of aromatic nitrogens is 2. The van der Waals surface area contributed by atoms with Crippen LogP contribution in [0.1, 0.15) is 0 Å². The zero-order valence-corrected chi connectivity index (χ0v) is 30.5. The summed E-state index contributed by atoms with van der Waals surface area (Å²) >= 11 is 0. The Balaban J connectivity index is 1.09. The lowest BCUT2D eigenvalue weighted by atomic mass is 9.89. The third kappa shape index (κ3) is 5.42. The first-order chi connectivity index (χ1) is 27.7. The van der Waals surface area contributed by atoms with Gasteiger partial charge in [0.15, 0.2) is 5.82 Å². The lowest BCUT2D eigenvalue weighted by Crippen LogP contribution is -1.97. The van der Waals surface area contributed by atoms with E-state index in [9.17, 15) is 0 Å². The smallest absolute Gasteiger partial charge is 0.160 e. The molecule has 10 aromatic carbocycles. The number of nitrogens with zero attached hydrogens (tertiary/aromatic N) is 2. The fourth-order valence-corrected chi connectivity index (χ4v) is 8.52. The van der Waals surface area contributed by atoms with Crippen molar-refractivity contribution < 1.29 is 0 Å². The molecule has 0 aliphatic carbocycles. The maximum Gasteiger partial charge on any atom is 0.160 e. The summed E-state index contributed by atoms with van der Waals surface area (Å²) in [6.07, 6.45) is 0. The lowest BCUT2D eigenvalue weighted by Gasteiger charge is -2.15. The largest absolute Gasteiger partial charge is 0.228 e. The molecule has 1 aromatic heterocycles. The Kier molecular flexibility index (Phi) is 7.53. The van der Waals surface area contributed by atoms with E-state index in [4.69, 9.17) is 9.97 Å². The van der Waals surface area contributed by atoms with Crippen LogP contribution >= 0.6 is 0 Å². The van der Waals surface area contributed by atoms with Crippen LogP contribution in [0.15, 0.2) is 206 Å². The van der Waals surface area contributed by atoms with Crippen LogP contribution in [0.2, 0.25) is 0 Å². The highest BCUT2D eigenvalue weighted by atomic mass is 14.9. The van der Waals surface area contributed by atoms with Crippen molar-refractivity contribution in [1.29, 1.82) is 0 Å². The molecular weight excluding hydrogens is 677 g/mol. The second-order valence-electron chi connectivity index (χ2n) is 14.5. The fourth-order valence-electron chi connectivity index (χ4n) is 8.52. The first-order valence-electron chi connectivity index (χ1n) is 19.1. The van der Waals surface area contributed by atoms with Crippen molar-refractivity contribution in [1.82, 2.24) is 9.97 Å². The Morgan fingerprint density at radius 2 is 0.821 bits per heavy atom. The van der Waals surface area contributed by atoms with E-state index < -0.39 is 0 Å². The molecule has 0 aliphatic rings. The van der Waals surface area contributed by atoms with E-state index in [2.05, 4.69) is 200 Å². The van der Waals surface area contributed by atoms with E-state index in [0.717, 1.165) is 33.6 Å². The van der Waals surface area contributed by atoms with Gasteiger partial charge in [-0.1, -0.05) is 194 Å². The SMILES string of the molecule is c1ccc(-c2ccc(-c3nc(-c4ccc(-c5c6ccccc6cc6c5ccc5ccccc56)cc4)cc(-c4cccc5ccc6ccccc6c45)n3)cc2)cc1. The molecule has 0 amide bonds. The average molecular weight is 711 g/mol. The van der Waals surface area contributed by atoms with Crippen molar-refractivity contribution in [2.24, 2.45) is 0 Å². The van der Waals surface area contributed by atoms with Gasteiger partial charge in [-0.2, -0.15) is 0 Å². The molecule has 0 N–H and O–H groups in total. The Bertz CT molecular complexity index is 3270. The van der Waals surface area contributed by atoms with Crippen LogP contribution < -0.4 is 0 Å². The molecule has 0 spiro atoms. The van der Waals surface area contributed by atoms with Crippen LogP contribution in [0, 0.1) is 0 Å². The molecule has 2 heteroatoms. The molecule has 0 aliphatic heterocycles. The van der Waals surface area contributed by atoms with Gasteiger partial charge in [0.1, 0.15) is 0 Å². The van der Waals surface area contributed by atoms with Gasteiger partial charge in [-0.05, 0) is 88.2 Å². The zero-order valence-electron chi connectivity index (χ0n) is 30.5. The van der Waals surface area contributed by atoms with Crippen LogP contribution in [-0.4, -0.2) is 9.97 Å². The second-order valence-corrected chi connectivity index (χ2v) is 14.5. The van der Waals surface area contributed by atoms with E-state index in [1.54, 1.807) is 0 Å². The minimum Gasteiger partial charge on any atom is -0.228 e. The molecule has 2 nitrogen and oxygen atoms in total. The molecule has 0 unspecified atom stereocenters. The Labute approximate surface area is 325 Å². The van der Waals surface area contributed by atoms with Gasteiger partial charge in [0.25, 0.3) is 0 Å². The quantitative estimate of drug-likeness (QED) is 0.131. The van der Waals surface area contributed by atoms with Crippen molar-refractivity contribution in [3.05, 3.63) is 206 Å². The van der Waals surface area contributed by atoms with Crippen molar-refractivity contribution in [3.63, 3.8) is 0 Å². The van der Waals surface area contributed by atoms with E-state index in [1.165, 1.54) is 70.6 Å². The maximum absolute atomic E-state index is 5.31. The van der Waals surface area contributed by atoms with Crippen molar-refractivity contribution in [2.75, 3.05) is 0 Å². The van der Waals surface area contributed by atoms with Crippen molar-refractivity contribution in [3.8, 4) is 56.2 Å². The topological polar surface area (TPSA) is 25.8 Å². The Morgan fingerprint density at radius 3 is 1.62 bits per heavy atom. The Hall–Kier alpha value is -7.42. The van der Waals surface area contributed by atoms with Gasteiger partial charge >= 0.3 is 0 Å². The van der Waals surface area contributed by atoms with Crippen molar-refractivity contribution in [2.45, 2.75) is 0 Å². The molecule has 56 heavy (non-hydrogen) atoms. The number of benzene rings is 10. The van der Waals surface area contributed by atoms with E-state index in [1.807, 2.05) is 6.07 Å². The summed E-state index contributed by atoms with van der Waals surface area (Å²) in [5.41, 5.74) is 9.67. The van der Waals surface area contributed by atoms with Crippen molar-refractivity contribution >= 4 is 53.9 Å². The molecule has 260 valence electrons. The standard InChI is InChI=1S/C54H34N2/c1-2-11-35(12-3-1)36-21-29-42(30-22-36)54-55-50(34-51(56-54)48-20-10-16-40-26-23-38-14-5-8-18-45(38)53(40)48)39-24-27-41(28-25-39)52-46-19-9-6-15-43(46)33-49-44-17-7-4-13-37(44)31-32-47(49)52/h1-34H. The van der Waals surface area contributed by atoms with Gasteiger partial charge in [0.2, 0.25) is 0 Å². The molecule has 0 saturated carbocycles. The van der Waals surface area contributed by atoms with Crippen LogP contribution in [0.25, 0.3) is 110 Å². The van der Waals surface area contributed by atoms with Gasteiger partial charge in [0.05, 0.1) is 11.4 Å². The van der Waals surface area contributed by atoms with Gasteiger partial charge in [0, 0.05) is 16.7 Å².